The Bertz CT molecular complexity index is 1090. The Morgan fingerprint density at radius 3 is 2.67 bits per heavy atom. The van der Waals surface area contributed by atoms with Crippen molar-refractivity contribution < 1.29 is 19.1 Å². The number of anilines is 1. The van der Waals surface area contributed by atoms with Gasteiger partial charge in [0.25, 0.3) is 11.8 Å². The number of morpholine rings is 1. The zero-order chi connectivity index (χ0) is 24.0. The van der Waals surface area contributed by atoms with Gasteiger partial charge in [-0.15, -0.1) is 0 Å². The van der Waals surface area contributed by atoms with Crippen LogP contribution in [-0.4, -0.2) is 61.3 Å². The molecule has 2 aromatic rings. The summed E-state index contributed by atoms with van der Waals surface area (Å²) in [5.74, 6) is -0.633. The smallest absolute Gasteiger partial charge is 0.266 e. The van der Waals surface area contributed by atoms with Crippen molar-refractivity contribution in [2.75, 3.05) is 45.3 Å². The molecule has 1 N–H and O–H groups in total. The topological polar surface area (TPSA) is 96.6 Å². The Kier molecular flexibility index (Phi) is 8.04. The zero-order valence-electron chi connectivity index (χ0n) is 19.6. The number of carbonyl (C=O) groups excluding carboxylic acids is 2. The van der Waals surface area contributed by atoms with Crippen LogP contribution in [0.25, 0.3) is 6.08 Å². The summed E-state index contributed by atoms with van der Waals surface area (Å²) in [5.41, 5.74) is 3.70. The van der Waals surface area contributed by atoms with Crippen molar-refractivity contribution in [1.29, 1.82) is 5.26 Å². The maximum atomic E-state index is 12.8. The minimum atomic E-state index is -0.525. The molecule has 2 amide bonds. The van der Waals surface area contributed by atoms with E-state index in [0.717, 1.165) is 17.0 Å². The molecule has 1 aliphatic heterocycles. The van der Waals surface area contributed by atoms with Gasteiger partial charge in [-0.25, -0.2) is 0 Å². The van der Waals surface area contributed by atoms with Crippen molar-refractivity contribution in [1.82, 2.24) is 9.47 Å². The van der Waals surface area contributed by atoms with Gasteiger partial charge in [0, 0.05) is 42.8 Å². The molecule has 0 aliphatic carbocycles. The number of nitriles is 1. The van der Waals surface area contributed by atoms with Crippen molar-refractivity contribution >= 4 is 23.6 Å². The second-order valence-electron chi connectivity index (χ2n) is 8.11. The first-order valence-electron chi connectivity index (χ1n) is 10.9. The van der Waals surface area contributed by atoms with E-state index in [0.29, 0.717) is 44.2 Å². The van der Waals surface area contributed by atoms with E-state index in [9.17, 15) is 14.9 Å². The number of amides is 2. The van der Waals surface area contributed by atoms with Crippen molar-refractivity contribution in [3.05, 3.63) is 58.4 Å². The fourth-order valence-electron chi connectivity index (χ4n) is 4.12. The highest BCUT2D eigenvalue weighted by Gasteiger charge is 2.20. The quantitative estimate of drug-likeness (QED) is 0.516. The molecule has 8 heteroatoms. The molecule has 8 nitrogen and oxygen atoms in total. The molecule has 3 rings (SSSR count). The van der Waals surface area contributed by atoms with Crippen LogP contribution < -0.4 is 5.32 Å². The van der Waals surface area contributed by atoms with Gasteiger partial charge in [0.2, 0.25) is 0 Å². The molecule has 1 unspecified atom stereocenters. The van der Waals surface area contributed by atoms with Crippen LogP contribution in [0.2, 0.25) is 0 Å². The average molecular weight is 451 g/mol. The zero-order valence-corrected chi connectivity index (χ0v) is 19.6. The van der Waals surface area contributed by atoms with E-state index in [1.54, 1.807) is 42.4 Å². The van der Waals surface area contributed by atoms with Crippen LogP contribution in [-0.2, 0) is 14.3 Å². The summed E-state index contributed by atoms with van der Waals surface area (Å²) in [7, 11) is 1.66. The molecule has 0 radical (unpaired) electrons. The van der Waals surface area contributed by atoms with Crippen LogP contribution in [0.1, 0.15) is 40.3 Å². The summed E-state index contributed by atoms with van der Waals surface area (Å²) < 4.78 is 12.7. The molecule has 0 bridgehead atoms. The first-order chi connectivity index (χ1) is 15.8. The van der Waals surface area contributed by atoms with Crippen LogP contribution in [0.4, 0.5) is 5.69 Å². The van der Waals surface area contributed by atoms with Crippen LogP contribution in [0.5, 0.6) is 0 Å². The molecule has 1 saturated heterocycles. The van der Waals surface area contributed by atoms with E-state index in [4.69, 9.17) is 9.47 Å². The van der Waals surface area contributed by atoms with Gasteiger partial charge in [0.15, 0.2) is 0 Å². The maximum Gasteiger partial charge on any atom is 0.266 e. The maximum absolute atomic E-state index is 12.8. The minimum Gasteiger partial charge on any atom is -0.383 e. The lowest BCUT2D eigenvalue weighted by Gasteiger charge is -2.27. The number of hydrogen-bond donors (Lipinski definition) is 1. The molecule has 1 aromatic heterocycles. The Morgan fingerprint density at radius 1 is 1.27 bits per heavy atom. The Labute approximate surface area is 194 Å². The lowest BCUT2D eigenvalue weighted by molar-refractivity contribution is -0.112. The van der Waals surface area contributed by atoms with E-state index in [2.05, 4.69) is 16.8 Å². The summed E-state index contributed by atoms with van der Waals surface area (Å²) in [4.78, 5) is 27.3. The van der Waals surface area contributed by atoms with Crippen LogP contribution >= 0.6 is 0 Å². The molecular weight excluding hydrogens is 420 g/mol. The van der Waals surface area contributed by atoms with Gasteiger partial charge in [-0.3, -0.25) is 9.59 Å². The number of hydrogen-bond acceptors (Lipinski definition) is 5. The molecule has 1 aromatic carbocycles. The number of benzene rings is 1. The Morgan fingerprint density at radius 2 is 2.00 bits per heavy atom. The fraction of sp³-hybridized carbons (Fsp3) is 0.400. The number of ether oxygens (including phenoxy) is 2. The Balaban J connectivity index is 1.78. The number of carbonyl (C=O) groups is 2. The van der Waals surface area contributed by atoms with Gasteiger partial charge in [-0.05, 0) is 56.7 Å². The SMILES string of the molecule is COCC(C)n1c(C)cc(/C=C(/C#N)C(=O)Nc2cccc(C(=O)N3CCOCC3)c2)c1C. The third-order valence-electron chi connectivity index (χ3n) is 5.70. The number of rotatable bonds is 7. The minimum absolute atomic E-state index is 0.0143. The van der Waals surface area contributed by atoms with Crippen LogP contribution in [0, 0.1) is 25.2 Å². The molecule has 1 fully saturated rings. The predicted octanol–water partition coefficient (Wildman–Crippen LogP) is 3.33. The highest BCUT2D eigenvalue weighted by atomic mass is 16.5. The number of nitrogens with one attached hydrogen (secondary N) is 1. The molecule has 2 heterocycles. The largest absolute Gasteiger partial charge is 0.383 e. The summed E-state index contributed by atoms with van der Waals surface area (Å²) >= 11 is 0. The lowest BCUT2D eigenvalue weighted by Crippen LogP contribution is -2.40. The summed E-state index contributed by atoms with van der Waals surface area (Å²) in [6.45, 7) is 8.67. The molecule has 1 aliphatic rings. The normalized spacial score (nSPS) is 15.1. The second kappa shape index (κ2) is 10.9. The predicted molar refractivity (Wildman–Crippen MR) is 126 cm³/mol. The highest BCUT2D eigenvalue weighted by Crippen LogP contribution is 2.23. The van der Waals surface area contributed by atoms with Gasteiger partial charge >= 0.3 is 0 Å². The van der Waals surface area contributed by atoms with Crippen molar-refractivity contribution in [2.45, 2.75) is 26.8 Å². The van der Waals surface area contributed by atoms with E-state index in [1.807, 2.05) is 26.0 Å². The summed E-state index contributed by atoms with van der Waals surface area (Å²) in [6.07, 6.45) is 1.59. The molecule has 0 saturated carbocycles. The highest BCUT2D eigenvalue weighted by molar-refractivity contribution is 6.10. The summed E-state index contributed by atoms with van der Waals surface area (Å²) in [6, 6.07) is 10.8. The first kappa shape index (κ1) is 24.2. The molecule has 174 valence electrons. The number of aryl methyl sites for hydroxylation is 1. The van der Waals surface area contributed by atoms with Crippen LogP contribution in [0.15, 0.2) is 35.9 Å². The molecular formula is C25H30N4O4. The Hall–Kier alpha value is -3.41. The van der Waals surface area contributed by atoms with Gasteiger partial charge < -0.3 is 24.3 Å². The fourth-order valence-corrected chi connectivity index (χ4v) is 4.12. The van der Waals surface area contributed by atoms with E-state index >= 15 is 0 Å². The van der Waals surface area contributed by atoms with Gasteiger partial charge in [-0.2, -0.15) is 5.26 Å². The van der Waals surface area contributed by atoms with E-state index in [-0.39, 0.29) is 17.5 Å². The lowest BCUT2D eigenvalue weighted by atomic mass is 10.1. The van der Waals surface area contributed by atoms with Gasteiger partial charge in [0.05, 0.1) is 25.9 Å². The van der Waals surface area contributed by atoms with E-state index in [1.165, 1.54) is 0 Å². The third-order valence-corrected chi connectivity index (χ3v) is 5.70. The van der Waals surface area contributed by atoms with Crippen LogP contribution in [0.3, 0.4) is 0 Å². The van der Waals surface area contributed by atoms with Crippen molar-refractivity contribution in [3.8, 4) is 6.07 Å². The first-order valence-corrected chi connectivity index (χ1v) is 10.9. The average Bonchev–Trinajstić information content (AvgIpc) is 3.10. The number of aromatic nitrogens is 1. The second-order valence-corrected chi connectivity index (χ2v) is 8.11. The molecule has 33 heavy (non-hydrogen) atoms. The van der Waals surface area contributed by atoms with Crippen molar-refractivity contribution in [2.24, 2.45) is 0 Å². The van der Waals surface area contributed by atoms with Gasteiger partial charge in [0.1, 0.15) is 11.6 Å². The molecule has 0 spiro atoms. The number of methoxy groups -OCH3 is 1. The molecule has 1 atom stereocenters. The van der Waals surface area contributed by atoms with Crippen molar-refractivity contribution in [3.63, 3.8) is 0 Å². The standard InChI is InChI=1S/C25H30N4O4/c1-17-12-21(19(3)29(17)18(2)16-32-4)13-22(15-26)24(30)27-23-7-5-6-20(14-23)25(31)28-8-10-33-11-9-28/h5-7,12-14,18H,8-11,16H2,1-4H3,(H,27,30)/b22-13-. The third kappa shape index (κ3) is 5.69. The van der Waals surface area contributed by atoms with E-state index < -0.39 is 5.91 Å². The summed E-state index contributed by atoms with van der Waals surface area (Å²) in [5, 5.41) is 12.4. The number of nitrogens with zero attached hydrogens (tertiary/aromatic N) is 3. The monoisotopic (exact) mass is 450 g/mol. The van der Waals surface area contributed by atoms with Gasteiger partial charge in [-0.1, -0.05) is 6.07 Å².